The second-order valence-corrected chi connectivity index (χ2v) is 7.13. The Morgan fingerprint density at radius 2 is 2.10 bits per heavy atom. The Kier molecular flexibility index (Phi) is 4.31. The molecule has 1 N–H and O–H groups in total. The number of rotatable bonds is 4. The van der Waals surface area contributed by atoms with E-state index in [9.17, 15) is 23.6 Å². The zero-order valence-electron chi connectivity index (χ0n) is 11.9. The Hall–Kier alpha value is -1.51. The first-order valence-electron chi connectivity index (χ1n) is 6.67. The van der Waals surface area contributed by atoms with E-state index in [2.05, 4.69) is 0 Å². The van der Waals surface area contributed by atoms with Crippen molar-refractivity contribution in [3.63, 3.8) is 0 Å². The van der Waals surface area contributed by atoms with Crippen LogP contribution in [0.15, 0.2) is 17.0 Å². The fraction of sp³-hybridized carbons (Fsp3) is 0.538. The van der Waals surface area contributed by atoms with Crippen LogP contribution in [0.3, 0.4) is 0 Å². The summed E-state index contributed by atoms with van der Waals surface area (Å²) in [5.74, 6) is 0. The number of nitro benzene ring substituents is 1. The first-order valence-corrected chi connectivity index (χ1v) is 8.11. The highest BCUT2D eigenvalue weighted by atomic mass is 32.2. The highest BCUT2D eigenvalue weighted by Gasteiger charge is 2.36. The van der Waals surface area contributed by atoms with Gasteiger partial charge in [-0.25, -0.2) is 8.42 Å². The number of sulfonamides is 1. The molecule has 1 heterocycles. The molecule has 2 rings (SSSR count). The molecule has 1 saturated heterocycles. The lowest BCUT2D eigenvalue weighted by molar-refractivity contribution is -0.385. The van der Waals surface area contributed by atoms with Crippen LogP contribution in [-0.4, -0.2) is 41.9 Å². The van der Waals surface area contributed by atoms with E-state index in [1.807, 2.05) is 0 Å². The van der Waals surface area contributed by atoms with Gasteiger partial charge in [-0.05, 0) is 38.3 Å². The molecule has 0 unspecified atom stereocenters. The van der Waals surface area contributed by atoms with Gasteiger partial charge in [0.1, 0.15) is 0 Å². The molecule has 8 heteroatoms. The molecule has 1 aliphatic rings. The van der Waals surface area contributed by atoms with Crippen molar-refractivity contribution in [2.45, 2.75) is 37.6 Å². The van der Waals surface area contributed by atoms with Crippen molar-refractivity contribution in [3.8, 4) is 0 Å². The molecule has 0 aromatic heterocycles. The molecule has 0 spiro atoms. The van der Waals surface area contributed by atoms with Crippen molar-refractivity contribution >= 4 is 15.7 Å². The maximum Gasteiger partial charge on any atom is 0.273 e. The van der Waals surface area contributed by atoms with Crippen LogP contribution >= 0.6 is 0 Å². The lowest BCUT2D eigenvalue weighted by Crippen LogP contribution is -2.37. The monoisotopic (exact) mass is 314 g/mol. The van der Waals surface area contributed by atoms with Gasteiger partial charge < -0.3 is 5.11 Å². The second-order valence-electron chi connectivity index (χ2n) is 5.24. The molecule has 0 bridgehead atoms. The van der Waals surface area contributed by atoms with E-state index in [1.165, 1.54) is 10.4 Å². The van der Waals surface area contributed by atoms with E-state index < -0.39 is 21.0 Å². The van der Waals surface area contributed by atoms with Gasteiger partial charge in [0, 0.05) is 24.2 Å². The number of aliphatic hydroxyl groups is 1. The molecule has 1 atom stereocenters. The second kappa shape index (κ2) is 5.70. The maximum atomic E-state index is 12.6. The average molecular weight is 314 g/mol. The summed E-state index contributed by atoms with van der Waals surface area (Å²) in [4.78, 5) is 10.4. The number of nitrogens with zero attached hydrogens (tertiary/aromatic N) is 2. The summed E-state index contributed by atoms with van der Waals surface area (Å²) in [5, 5.41) is 20.3. The molecule has 0 aliphatic carbocycles. The van der Waals surface area contributed by atoms with Gasteiger partial charge in [0.2, 0.25) is 10.0 Å². The van der Waals surface area contributed by atoms with E-state index >= 15 is 0 Å². The van der Waals surface area contributed by atoms with E-state index in [1.54, 1.807) is 13.8 Å². The van der Waals surface area contributed by atoms with Crippen LogP contribution in [0.25, 0.3) is 0 Å². The average Bonchev–Trinajstić information content (AvgIpc) is 2.90. The number of benzene rings is 1. The van der Waals surface area contributed by atoms with Crippen LogP contribution in [-0.2, 0) is 10.0 Å². The molecule has 0 saturated carbocycles. The number of aliphatic hydroxyl groups excluding tert-OH is 1. The maximum absolute atomic E-state index is 12.6. The van der Waals surface area contributed by atoms with Gasteiger partial charge >= 0.3 is 0 Å². The first kappa shape index (κ1) is 15.9. The predicted octanol–water partition coefficient (Wildman–Crippen LogP) is 1.36. The number of aryl methyl sites for hydroxylation is 1. The van der Waals surface area contributed by atoms with Crippen molar-refractivity contribution in [2.24, 2.45) is 0 Å². The molecule has 1 aromatic rings. The normalized spacial score (nSPS) is 19.9. The third-order valence-electron chi connectivity index (χ3n) is 3.95. The molecule has 0 amide bonds. The first-order chi connectivity index (χ1) is 9.78. The zero-order chi connectivity index (χ0) is 15.8. The van der Waals surface area contributed by atoms with Crippen LogP contribution in [0.2, 0.25) is 0 Å². The summed E-state index contributed by atoms with van der Waals surface area (Å²) in [6.45, 7) is 3.32. The van der Waals surface area contributed by atoms with Gasteiger partial charge in [0.15, 0.2) is 0 Å². The highest BCUT2D eigenvalue weighted by molar-refractivity contribution is 7.89. The van der Waals surface area contributed by atoms with Crippen molar-refractivity contribution in [1.82, 2.24) is 4.31 Å². The molecular formula is C13H18N2O5S. The summed E-state index contributed by atoms with van der Waals surface area (Å²) in [6.07, 6.45) is 1.28. The predicted molar refractivity (Wildman–Crippen MR) is 76.6 cm³/mol. The molecule has 0 radical (unpaired) electrons. The van der Waals surface area contributed by atoms with Gasteiger partial charge in [-0.3, -0.25) is 10.1 Å². The Labute approximate surface area is 123 Å². The van der Waals surface area contributed by atoms with Gasteiger partial charge in [-0.15, -0.1) is 0 Å². The molecule has 1 fully saturated rings. The van der Waals surface area contributed by atoms with Crippen LogP contribution in [0, 0.1) is 24.0 Å². The third-order valence-corrected chi connectivity index (χ3v) is 5.88. The van der Waals surface area contributed by atoms with E-state index in [4.69, 9.17) is 0 Å². The molecule has 1 aliphatic heterocycles. The summed E-state index contributed by atoms with van der Waals surface area (Å²) in [5.41, 5.74) is 0.815. The Morgan fingerprint density at radius 1 is 1.43 bits per heavy atom. The SMILES string of the molecule is Cc1cc(S(=O)(=O)N2CCC[C@@H]2CO)cc([N+](=O)[O-])c1C. The highest BCUT2D eigenvalue weighted by Crippen LogP contribution is 2.30. The van der Waals surface area contributed by atoms with Crippen LogP contribution in [0.5, 0.6) is 0 Å². The molecule has 1 aromatic carbocycles. The van der Waals surface area contributed by atoms with Crippen LogP contribution in [0.4, 0.5) is 5.69 Å². The minimum atomic E-state index is -3.83. The Bertz CT molecular complexity index is 671. The molecular weight excluding hydrogens is 296 g/mol. The number of hydrogen-bond donors (Lipinski definition) is 1. The van der Waals surface area contributed by atoms with Gasteiger partial charge in [0.05, 0.1) is 16.4 Å². The van der Waals surface area contributed by atoms with E-state index in [0.717, 1.165) is 6.07 Å². The van der Waals surface area contributed by atoms with Crippen molar-refractivity contribution in [3.05, 3.63) is 33.4 Å². The van der Waals surface area contributed by atoms with Crippen molar-refractivity contribution in [1.29, 1.82) is 0 Å². The fourth-order valence-electron chi connectivity index (χ4n) is 2.59. The van der Waals surface area contributed by atoms with Crippen molar-refractivity contribution in [2.75, 3.05) is 13.2 Å². The Balaban J connectivity index is 2.53. The summed E-state index contributed by atoms with van der Waals surface area (Å²) < 4.78 is 26.5. The quantitative estimate of drug-likeness (QED) is 0.668. The van der Waals surface area contributed by atoms with Gasteiger partial charge in [-0.2, -0.15) is 4.31 Å². The number of hydrogen-bond acceptors (Lipinski definition) is 5. The minimum Gasteiger partial charge on any atom is -0.395 e. The standard InChI is InChI=1S/C13H18N2O5S/c1-9-6-12(7-13(10(9)2)15(17)18)21(19,20)14-5-3-4-11(14)8-16/h6-7,11,16H,3-5,8H2,1-2H3/t11-/m1/s1. The largest absolute Gasteiger partial charge is 0.395 e. The van der Waals surface area contributed by atoms with Crippen LogP contribution in [0.1, 0.15) is 24.0 Å². The van der Waals surface area contributed by atoms with E-state index in [-0.39, 0.29) is 17.2 Å². The fourth-order valence-corrected chi connectivity index (χ4v) is 4.38. The molecule has 7 nitrogen and oxygen atoms in total. The zero-order valence-corrected chi connectivity index (χ0v) is 12.8. The smallest absolute Gasteiger partial charge is 0.273 e. The topological polar surface area (TPSA) is 101 Å². The summed E-state index contributed by atoms with van der Waals surface area (Å²) in [7, 11) is -3.83. The number of nitro groups is 1. The van der Waals surface area contributed by atoms with Gasteiger partial charge in [0.25, 0.3) is 5.69 Å². The molecule has 116 valence electrons. The summed E-state index contributed by atoms with van der Waals surface area (Å²) in [6, 6.07) is 2.10. The van der Waals surface area contributed by atoms with Crippen LogP contribution < -0.4 is 0 Å². The Morgan fingerprint density at radius 3 is 2.67 bits per heavy atom. The minimum absolute atomic E-state index is 0.0855. The van der Waals surface area contributed by atoms with E-state index in [0.29, 0.717) is 30.5 Å². The summed E-state index contributed by atoms with van der Waals surface area (Å²) >= 11 is 0. The lowest BCUT2D eigenvalue weighted by atomic mass is 10.1. The van der Waals surface area contributed by atoms with Gasteiger partial charge in [-0.1, -0.05) is 0 Å². The third kappa shape index (κ3) is 2.78. The lowest BCUT2D eigenvalue weighted by Gasteiger charge is -2.22. The molecule has 21 heavy (non-hydrogen) atoms. The van der Waals surface area contributed by atoms with Crippen molar-refractivity contribution < 1.29 is 18.4 Å².